The van der Waals surface area contributed by atoms with Crippen molar-refractivity contribution in [1.29, 1.82) is 0 Å². The summed E-state index contributed by atoms with van der Waals surface area (Å²) in [7, 11) is 0. The van der Waals surface area contributed by atoms with Gasteiger partial charge < -0.3 is 30.0 Å². The van der Waals surface area contributed by atoms with Gasteiger partial charge in [-0.2, -0.15) is 0 Å². The Kier molecular flexibility index (Phi) is 15.3. The summed E-state index contributed by atoms with van der Waals surface area (Å²) in [6.45, 7) is 0. The number of halogens is 11. The van der Waals surface area contributed by atoms with Crippen LogP contribution in [0.1, 0.15) is 20.7 Å². The topological polar surface area (TPSA) is 161 Å². The van der Waals surface area contributed by atoms with Crippen LogP contribution in [0.4, 0.5) is 29.2 Å². The van der Waals surface area contributed by atoms with Crippen molar-refractivity contribution in [3.05, 3.63) is 129 Å². The van der Waals surface area contributed by atoms with Crippen molar-refractivity contribution >= 4 is 104 Å². The number of hydrogen-bond donors (Lipinski definition) is 2. The number of nitrogens with zero attached hydrogens (tertiary/aromatic N) is 4. The number of nitrogens with two attached hydrogens (primary N) is 1. The van der Waals surface area contributed by atoms with Gasteiger partial charge in [0.1, 0.15) is 5.82 Å². The summed E-state index contributed by atoms with van der Waals surface area (Å²) in [5.41, 5.74) is 7.46. The molecule has 0 atom stereocenters. The highest BCUT2D eigenvalue weighted by atomic mass is 35.5. The minimum atomic E-state index is -3.75. The molecule has 0 fully saturated rings. The van der Waals surface area contributed by atoms with E-state index in [9.17, 15) is 27.2 Å². The number of nitrogen functional groups attached to an aromatic ring is 1. The van der Waals surface area contributed by atoms with E-state index >= 15 is 0 Å². The third-order valence-electron chi connectivity index (χ3n) is 7.30. The highest BCUT2D eigenvalue weighted by molar-refractivity contribution is 6.68. The lowest BCUT2D eigenvalue weighted by Gasteiger charge is -2.08. The summed E-state index contributed by atoms with van der Waals surface area (Å²) in [4.78, 5) is 38.9. The van der Waals surface area contributed by atoms with E-state index in [1.165, 1.54) is 49.1 Å². The predicted molar refractivity (Wildman–Crippen MR) is 219 cm³/mol. The van der Waals surface area contributed by atoms with Gasteiger partial charge in [0.15, 0.2) is 28.8 Å². The molecule has 2 aliphatic heterocycles. The van der Waals surface area contributed by atoms with Crippen LogP contribution in [0.2, 0.25) is 20.1 Å². The summed E-state index contributed by atoms with van der Waals surface area (Å²) in [5.74, 6) is -0.594. The van der Waals surface area contributed by atoms with Crippen molar-refractivity contribution < 1.29 is 46.1 Å². The molecule has 4 aromatic carbocycles. The van der Waals surface area contributed by atoms with Gasteiger partial charge in [-0.3, -0.25) is 19.6 Å². The smallest absolute Gasteiger partial charge is 0.395 e. The van der Waals surface area contributed by atoms with Crippen molar-refractivity contribution in [2.24, 2.45) is 0 Å². The molecule has 0 spiro atoms. The molecule has 1 amide bonds. The predicted octanol–water partition coefficient (Wildman–Crippen LogP) is 11.9. The molecular weight excluding hydrogens is 949 g/mol. The zero-order valence-electron chi connectivity index (χ0n) is 29.4. The van der Waals surface area contributed by atoms with E-state index in [-0.39, 0.29) is 55.6 Å². The van der Waals surface area contributed by atoms with Gasteiger partial charge in [0.2, 0.25) is 0 Å². The van der Waals surface area contributed by atoms with Crippen LogP contribution in [0.3, 0.4) is 0 Å². The Morgan fingerprint density at radius 2 is 1.02 bits per heavy atom. The molecule has 0 radical (unpaired) electrons. The van der Waals surface area contributed by atoms with Crippen molar-refractivity contribution in [3.8, 4) is 45.5 Å². The molecule has 2 aromatic heterocycles. The number of alkyl halides is 6. The Labute approximate surface area is 371 Å². The third kappa shape index (κ3) is 12.0. The van der Waals surface area contributed by atoms with E-state index in [4.69, 9.17) is 86.9 Å². The van der Waals surface area contributed by atoms with Gasteiger partial charge >= 0.3 is 12.6 Å². The largest absolute Gasteiger partial charge is 0.586 e. The summed E-state index contributed by atoms with van der Waals surface area (Å²) in [5, 5.41) is 3.25. The molecule has 60 heavy (non-hydrogen) atoms. The summed E-state index contributed by atoms with van der Waals surface area (Å²) in [6, 6.07) is 18.3. The highest BCUT2D eigenvalue weighted by Crippen LogP contribution is 2.47. The number of benzene rings is 4. The van der Waals surface area contributed by atoms with E-state index in [1.54, 1.807) is 48.5 Å². The van der Waals surface area contributed by atoms with E-state index in [2.05, 4.69) is 44.2 Å². The first-order valence-corrected chi connectivity index (χ1v) is 19.1. The number of carbonyl (C=O) groups is 2. The van der Waals surface area contributed by atoms with Gasteiger partial charge in [-0.1, -0.05) is 70.7 Å². The second-order valence-corrected chi connectivity index (χ2v) is 14.1. The van der Waals surface area contributed by atoms with Gasteiger partial charge in [-0.05, 0) is 48.0 Å². The lowest BCUT2D eigenvalue weighted by Crippen LogP contribution is -2.25. The van der Waals surface area contributed by atoms with Crippen LogP contribution in [0.15, 0.2) is 97.6 Å². The fourth-order valence-electron chi connectivity index (χ4n) is 4.79. The monoisotopic (exact) mass is 966 g/mol. The van der Waals surface area contributed by atoms with Crippen LogP contribution >= 0.6 is 81.2 Å². The molecule has 6 aromatic rings. The number of rotatable bonds is 5. The molecule has 4 heterocycles. The highest BCUT2D eigenvalue weighted by Gasteiger charge is 2.45. The third-order valence-corrected chi connectivity index (χ3v) is 8.79. The van der Waals surface area contributed by atoms with Crippen LogP contribution < -0.4 is 30.0 Å². The number of anilines is 2. The van der Waals surface area contributed by atoms with Crippen LogP contribution in [0.25, 0.3) is 22.5 Å². The Morgan fingerprint density at radius 1 is 0.600 bits per heavy atom. The van der Waals surface area contributed by atoms with Crippen molar-refractivity contribution in [3.63, 3.8) is 0 Å². The summed E-state index contributed by atoms with van der Waals surface area (Å²) >= 11 is 38.4. The average molecular weight is 970 g/mol. The van der Waals surface area contributed by atoms with Gasteiger partial charge in [-0.15, -0.1) is 40.8 Å². The quantitative estimate of drug-likeness (QED) is 0.0961. The molecule has 23 heteroatoms. The number of nitrogens with one attached hydrogen (secondary N) is 1. The molecule has 0 bridgehead atoms. The lowest BCUT2D eigenvalue weighted by atomic mass is 10.1. The number of fused-ring (bicyclic) bond motifs is 2. The van der Waals surface area contributed by atoms with Crippen LogP contribution in [-0.4, -0.2) is 49.0 Å². The molecule has 0 saturated heterocycles. The minimum absolute atomic E-state index is 0.108. The molecule has 0 saturated carbocycles. The maximum Gasteiger partial charge on any atom is 0.586 e. The Hall–Kier alpha value is -5.07. The molecule has 12 nitrogen and oxygen atoms in total. The normalized spacial score (nSPS) is 13.3. The first kappa shape index (κ1) is 46.0. The standard InChI is InChI=1S/C18H9Cl2F2N3O3.C11H6ClF2N3O2.C7H4Cl2O.CH2Cl2/c19-11-4-2-1-3-9(11)17(26)25-16-8-23-13(7-24-16)10-5-14-15(6-12(10)20)28-18(21,22)27-14;12-6-2-9-8(18-11(13,14)19-9)1-5(6)7-3-17-10(15)4-16-7;8-6-4-2-1-3-5(6)7(9)10;2-1-3/h1-8H,(H,24,25,26);1-4H,(H2,15,17);1-4H;1H2. The zero-order chi connectivity index (χ0) is 43.8. The molecule has 2 aliphatic rings. The van der Waals surface area contributed by atoms with Crippen LogP contribution in [-0.2, 0) is 0 Å². The maximum atomic E-state index is 13.2. The Bertz CT molecular complexity index is 2510. The second kappa shape index (κ2) is 20.0. The fraction of sp³-hybridized carbons (Fsp3) is 0.0811. The lowest BCUT2D eigenvalue weighted by molar-refractivity contribution is -0.287. The average Bonchev–Trinajstić information content (AvgIpc) is 3.67. The second-order valence-electron chi connectivity index (χ2n) is 11.3. The molecule has 0 aliphatic carbocycles. The molecule has 312 valence electrons. The van der Waals surface area contributed by atoms with Crippen LogP contribution in [0, 0.1) is 0 Å². The van der Waals surface area contributed by atoms with E-state index in [1.807, 2.05) is 0 Å². The van der Waals surface area contributed by atoms with Crippen molar-refractivity contribution in [2.45, 2.75) is 12.6 Å². The van der Waals surface area contributed by atoms with E-state index in [0.717, 1.165) is 0 Å². The molecular formula is C37H21Cl7F4N6O6. The number of aromatic nitrogens is 4. The Morgan fingerprint density at radius 3 is 1.40 bits per heavy atom. The van der Waals surface area contributed by atoms with Gasteiger partial charge in [-0.25, -0.2) is 9.97 Å². The van der Waals surface area contributed by atoms with E-state index in [0.29, 0.717) is 38.1 Å². The van der Waals surface area contributed by atoms with Crippen LogP contribution in [0.5, 0.6) is 23.0 Å². The van der Waals surface area contributed by atoms with Gasteiger partial charge in [0.05, 0.1) is 72.7 Å². The number of amides is 1. The molecule has 8 rings (SSSR count). The number of hydrogen-bond acceptors (Lipinski definition) is 11. The summed E-state index contributed by atoms with van der Waals surface area (Å²) < 4.78 is 69.6. The van der Waals surface area contributed by atoms with Crippen molar-refractivity contribution in [1.82, 2.24) is 19.9 Å². The fourth-order valence-corrected chi connectivity index (χ4v) is 5.95. The van der Waals surface area contributed by atoms with E-state index < -0.39 is 23.7 Å². The first-order valence-electron chi connectivity index (χ1n) is 16.1. The number of ether oxygens (including phenoxy) is 4. The minimum Gasteiger partial charge on any atom is -0.395 e. The molecule has 3 N–H and O–H groups in total. The van der Waals surface area contributed by atoms with Gasteiger partial charge in [0, 0.05) is 23.3 Å². The SMILES string of the molecule is ClCCl.Nc1cnc(-c2cc3c(cc2Cl)OC(F)(F)O3)cn1.O=C(Cl)c1ccccc1Cl.O=C(Nc1cnc(-c2cc3c(cc2Cl)OC(F)(F)O3)cn1)c1ccccc1Cl. The summed E-state index contributed by atoms with van der Waals surface area (Å²) in [6.07, 6.45) is -2.06. The number of carbonyl (C=O) groups excluding carboxylic acids is 2. The first-order chi connectivity index (χ1) is 28.4. The maximum absolute atomic E-state index is 13.2. The Balaban J connectivity index is 0.000000183. The molecule has 0 unspecified atom stereocenters. The van der Waals surface area contributed by atoms with Crippen molar-refractivity contribution in [2.75, 3.05) is 16.4 Å². The zero-order valence-corrected chi connectivity index (χ0v) is 34.7. The van der Waals surface area contributed by atoms with Gasteiger partial charge in [0.25, 0.3) is 11.1 Å².